The third-order valence-electron chi connectivity index (χ3n) is 9.42. The van der Waals surface area contributed by atoms with Crippen molar-refractivity contribution in [3.05, 3.63) is 46.5 Å². The standard InChI is InChI=1S/C29H42N4O4S/c1-28-9-8-24(35)29(2,19-34)23(28)17-22-26(32-27(38-22)31-18-20-6-4-3-5-7-20)21(28)16-25(36)30-10-11-33-12-14-37-15-13-33/h3-7,21,23-24,34-35H,8-19H2,1-2H3,(H,30,36)(H,31,32)/t21-,23+,24-,28+,29+/m1/s1. The number of hydrogen-bond acceptors (Lipinski definition) is 8. The van der Waals surface area contributed by atoms with E-state index in [4.69, 9.17) is 9.72 Å². The Morgan fingerprint density at radius 3 is 2.74 bits per heavy atom. The van der Waals surface area contributed by atoms with Crippen molar-refractivity contribution >= 4 is 22.4 Å². The van der Waals surface area contributed by atoms with Crippen LogP contribution >= 0.6 is 11.3 Å². The molecule has 1 saturated carbocycles. The molecule has 208 valence electrons. The van der Waals surface area contributed by atoms with E-state index in [1.165, 1.54) is 10.4 Å². The molecule has 9 heteroatoms. The Morgan fingerprint density at radius 1 is 1.24 bits per heavy atom. The third-order valence-corrected chi connectivity index (χ3v) is 10.5. The molecule has 5 atom stereocenters. The monoisotopic (exact) mass is 542 g/mol. The molecule has 0 bridgehead atoms. The van der Waals surface area contributed by atoms with Gasteiger partial charge in [-0.25, -0.2) is 4.98 Å². The van der Waals surface area contributed by atoms with Gasteiger partial charge in [-0.1, -0.05) is 44.2 Å². The van der Waals surface area contributed by atoms with Crippen LogP contribution < -0.4 is 10.6 Å². The molecule has 0 spiro atoms. The number of amides is 1. The maximum atomic E-state index is 13.3. The first-order chi connectivity index (χ1) is 18.3. The van der Waals surface area contributed by atoms with Gasteiger partial charge in [0.25, 0.3) is 0 Å². The minimum absolute atomic E-state index is 0.0414. The summed E-state index contributed by atoms with van der Waals surface area (Å²) in [4.78, 5) is 21.9. The Kier molecular flexibility index (Phi) is 8.40. The van der Waals surface area contributed by atoms with Crippen LogP contribution in [0, 0.1) is 16.7 Å². The molecule has 8 nitrogen and oxygen atoms in total. The van der Waals surface area contributed by atoms with E-state index in [1.54, 1.807) is 11.3 Å². The molecule has 0 unspecified atom stereocenters. The number of carbonyl (C=O) groups excluding carboxylic acids is 1. The van der Waals surface area contributed by atoms with Crippen LogP contribution in [0.2, 0.25) is 0 Å². The first-order valence-corrected chi connectivity index (χ1v) is 14.8. The van der Waals surface area contributed by atoms with E-state index < -0.39 is 11.5 Å². The highest BCUT2D eigenvalue weighted by molar-refractivity contribution is 7.15. The predicted octanol–water partition coefficient (Wildman–Crippen LogP) is 3.01. The molecule has 1 saturated heterocycles. The highest BCUT2D eigenvalue weighted by atomic mass is 32.1. The molecule has 4 N–H and O–H groups in total. The molecule has 1 amide bonds. The second kappa shape index (κ2) is 11.6. The van der Waals surface area contributed by atoms with Gasteiger partial charge in [0.1, 0.15) is 0 Å². The van der Waals surface area contributed by atoms with Gasteiger partial charge in [0.15, 0.2) is 5.13 Å². The summed E-state index contributed by atoms with van der Waals surface area (Å²) >= 11 is 1.65. The Labute approximate surface area is 229 Å². The molecule has 1 aromatic carbocycles. The summed E-state index contributed by atoms with van der Waals surface area (Å²) in [6.45, 7) is 9.63. The smallest absolute Gasteiger partial charge is 0.220 e. The summed E-state index contributed by atoms with van der Waals surface area (Å²) in [5, 5.41) is 29.0. The minimum atomic E-state index is -0.614. The molecule has 1 aliphatic heterocycles. The molecule has 5 rings (SSSR count). The highest BCUT2D eigenvalue weighted by Gasteiger charge is 2.59. The normalized spacial score (nSPS) is 31.3. The SMILES string of the molecule is C[C@]1(CO)[C@H]2Cc3sc(NCc4ccccc4)nc3[C@@H](CC(=O)NCCN3CCOCC3)[C@]2(C)CC[C@H]1O. The van der Waals surface area contributed by atoms with Gasteiger partial charge >= 0.3 is 0 Å². The first kappa shape index (κ1) is 27.5. The number of ether oxygens (including phenoxy) is 1. The summed E-state index contributed by atoms with van der Waals surface area (Å²) < 4.78 is 5.42. The molecule has 38 heavy (non-hydrogen) atoms. The van der Waals surface area contributed by atoms with E-state index in [-0.39, 0.29) is 29.8 Å². The number of fused-ring (bicyclic) bond motifs is 2. The van der Waals surface area contributed by atoms with Crippen LogP contribution in [0.25, 0.3) is 0 Å². The average Bonchev–Trinajstić information content (AvgIpc) is 3.35. The number of anilines is 1. The molecule has 2 fully saturated rings. The van der Waals surface area contributed by atoms with Gasteiger partial charge in [-0.3, -0.25) is 9.69 Å². The van der Waals surface area contributed by atoms with Crippen LogP contribution in [0.3, 0.4) is 0 Å². The Morgan fingerprint density at radius 2 is 2.00 bits per heavy atom. The fourth-order valence-electron chi connectivity index (χ4n) is 6.93. The molecule has 0 radical (unpaired) electrons. The number of aromatic nitrogens is 1. The molecule has 2 aliphatic carbocycles. The zero-order valence-electron chi connectivity index (χ0n) is 22.6. The van der Waals surface area contributed by atoms with E-state index in [0.717, 1.165) is 56.5 Å². The molecule has 1 aromatic heterocycles. The molecule has 2 aromatic rings. The maximum absolute atomic E-state index is 13.3. The van der Waals surface area contributed by atoms with E-state index in [2.05, 4.69) is 34.6 Å². The number of hydrogen-bond donors (Lipinski definition) is 4. The van der Waals surface area contributed by atoms with Crippen LogP contribution in [0.15, 0.2) is 30.3 Å². The van der Waals surface area contributed by atoms with Crippen LogP contribution in [-0.4, -0.2) is 78.1 Å². The van der Waals surface area contributed by atoms with Crippen molar-refractivity contribution in [2.24, 2.45) is 16.7 Å². The first-order valence-electron chi connectivity index (χ1n) is 14.0. The van der Waals surface area contributed by atoms with Crippen LogP contribution in [-0.2, 0) is 22.5 Å². The number of carbonyl (C=O) groups is 1. The average molecular weight is 543 g/mol. The highest BCUT2D eigenvalue weighted by Crippen LogP contribution is 2.62. The lowest BCUT2D eigenvalue weighted by molar-refractivity contribution is -0.144. The summed E-state index contributed by atoms with van der Waals surface area (Å²) in [5.74, 6) is 0.0334. The molecular formula is C29H42N4O4S. The topological polar surface area (TPSA) is 107 Å². The summed E-state index contributed by atoms with van der Waals surface area (Å²) in [5.41, 5.74) is 1.35. The number of aliphatic hydroxyl groups is 2. The van der Waals surface area contributed by atoms with Crippen molar-refractivity contribution in [1.29, 1.82) is 0 Å². The van der Waals surface area contributed by atoms with Crippen molar-refractivity contribution < 1.29 is 19.7 Å². The van der Waals surface area contributed by atoms with Crippen LogP contribution in [0.1, 0.15) is 55.2 Å². The van der Waals surface area contributed by atoms with Crippen LogP contribution in [0.4, 0.5) is 5.13 Å². The van der Waals surface area contributed by atoms with Gasteiger partial charge in [0, 0.05) is 55.4 Å². The molecular weight excluding hydrogens is 500 g/mol. The number of thiazole rings is 1. The van der Waals surface area contributed by atoms with Crippen LogP contribution in [0.5, 0.6) is 0 Å². The lowest BCUT2D eigenvalue weighted by Crippen LogP contribution is -2.57. The zero-order valence-corrected chi connectivity index (χ0v) is 23.4. The van der Waals surface area contributed by atoms with Gasteiger partial charge in [-0.2, -0.15) is 0 Å². The number of nitrogens with one attached hydrogen (secondary N) is 2. The number of morpholine rings is 1. The molecule has 3 aliphatic rings. The van der Waals surface area contributed by atoms with E-state index in [9.17, 15) is 15.0 Å². The van der Waals surface area contributed by atoms with Gasteiger partial charge in [0.2, 0.25) is 5.91 Å². The summed E-state index contributed by atoms with van der Waals surface area (Å²) in [6, 6.07) is 10.3. The van der Waals surface area contributed by atoms with Gasteiger partial charge in [-0.15, -0.1) is 11.3 Å². The number of benzene rings is 1. The fourth-order valence-corrected chi connectivity index (χ4v) is 7.99. The summed E-state index contributed by atoms with van der Waals surface area (Å²) in [6.07, 6.45) is 2.00. The van der Waals surface area contributed by atoms with Gasteiger partial charge in [0.05, 0.1) is 31.6 Å². The number of aliphatic hydroxyl groups excluding tert-OH is 2. The minimum Gasteiger partial charge on any atom is -0.396 e. The predicted molar refractivity (Wildman–Crippen MR) is 149 cm³/mol. The van der Waals surface area contributed by atoms with Crippen molar-refractivity contribution in [2.45, 2.75) is 58.1 Å². The van der Waals surface area contributed by atoms with Crippen molar-refractivity contribution in [2.75, 3.05) is 51.3 Å². The fraction of sp³-hybridized carbons (Fsp3) is 0.655. The zero-order chi connectivity index (χ0) is 26.8. The lowest BCUT2D eigenvalue weighted by Gasteiger charge is -2.58. The Balaban J connectivity index is 1.36. The molecule has 2 heterocycles. The second-order valence-electron chi connectivity index (χ2n) is 11.7. The van der Waals surface area contributed by atoms with E-state index in [1.807, 2.05) is 25.1 Å². The Bertz CT molecular complexity index is 1090. The van der Waals surface area contributed by atoms with E-state index >= 15 is 0 Å². The van der Waals surface area contributed by atoms with Crippen molar-refractivity contribution in [1.82, 2.24) is 15.2 Å². The number of rotatable bonds is 9. The lowest BCUT2D eigenvalue weighted by atomic mass is 9.47. The largest absolute Gasteiger partial charge is 0.396 e. The summed E-state index contributed by atoms with van der Waals surface area (Å²) in [7, 11) is 0. The third kappa shape index (κ3) is 5.49. The van der Waals surface area contributed by atoms with Gasteiger partial charge in [-0.05, 0) is 36.2 Å². The van der Waals surface area contributed by atoms with E-state index in [0.29, 0.717) is 25.9 Å². The maximum Gasteiger partial charge on any atom is 0.220 e. The van der Waals surface area contributed by atoms with Crippen molar-refractivity contribution in [3.63, 3.8) is 0 Å². The number of nitrogens with zero attached hydrogens (tertiary/aromatic N) is 2. The second-order valence-corrected chi connectivity index (χ2v) is 12.8. The van der Waals surface area contributed by atoms with Crippen molar-refractivity contribution in [3.8, 4) is 0 Å². The quantitative estimate of drug-likeness (QED) is 0.386. The van der Waals surface area contributed by atoms with Gasteiger partial charge < -0.3 is 25.6 Å². The Hall–Kier alpha value is -2.04.